The van der Waals surface area contributed by atoms with Gasteiger partial charge in [-0.05, 0) is 52.9 Å². The van der Waals surface area contributed by atoms with Crippen LogP contribution in [0.1, 0.15) is 68.2 Å². The minimum absolute atomic E-state index is 0.322. The molecule has 0 saturated carbocycles. The number of piperazine rings is 1. The molecular formula is C20H41N3. The van der Waals surface area contributed by atoms with Crippen LogP contribution in [0.15, 0.2) is 0 Å². The molecule has 0 radical (unpaired) electrons. The van der Waals surface area contributed by atoms with Crippen LogP contribution in [0.5, 0.6) is 0 Å². The highest BCUT2D eigenvalue weighted by molar-refractivity contribution is 4.93. The van der Waals surface area contributed by atoms with Crippen molar-refractivity contribution >= 4 is 0 Å². The Morgan fingerprint density at radius 2 is 1.26 bits per heavy atom. The van der Waals surface area contributed by atoms with E-state index in [-0.39, 0.29) is 0 Å². The van der Waals surface area contributed by atoms with Gasteiger partial charge in [-0.25, -0.2) is 0 Å². The Morgan fingerprint density at radius 3 is 1.65 bits per heavy atom. The lowest BCUT2D eigenvalue weighted by Gasteiger charge is -2.50. The molecule has 2 atom stereocenters. The van der Waals surface area contributed by atoms with Crippen molar-refractivity contribution in [2.24, 2.45) is 5.41 Å². The van der Waals surface area contributed by atoms with Crippen LogP contribution in [0.2, 0.25) is 0 Å². The zero-order valence-electron chi connectivity index (χ0n) is 17.0. The Bertz CT molecular complexity index is 359. The van der Waals surface area contributed by atoms with Gasteiger partial charge in [0.2, 0.25) is 0 Å². The molecule has 3 heteroatoms. The van der Waals surface area contributed by atoms with Gasteiger partial charge in [0.1, 0.15) is 0 Å². The molecule has 3 nitrogen and oxygen atoms in total. The van der Waals surface area contributed by atoms with Gasteiger partial charge in [-0.2, -0.15) is 0 Å². The van der Waals surface area contributed by atoms with Crippen molar-refractivity contribution in [3.8, 4) is 0 Å². The van der Waals surface area contributed by atoms with Gasteiger partial charge in [0.05, 0.1) is 0 Å². The molecule has 2 rings (SSSR count). The maximum Gasteiger partial charge on any atom is 0.0126 e. The average molecular weight is 324 g/mol. The van der Waals surface area contributed by atoms with Crippen LogP contribution in [-0.4, -0.2) is 71.1 Å². The second kappa shape index (κ2) is 7.01. The fourth-order valence-corrected chi connectivity index (χ4v) is 4.50. The summed E-state index contributed by atoms with van der Waals surface area (Å²) < 4.78 is 0. The SMILES string of the molecule is C[C@@H]1CC(N2CCN(C(C)(C)C)CC2)C[C@@H](C)N1CC(C)(C)C. The topological polar surface area (TPSA) is 9.72 Å². The van der Waals surface area contributed by atoms with E-state index < -0.39 is 0 Å². The predicted molar refractivity (Wildman–Crippen MR) is 101 cm³/mol. The minimum Gasteiger partial charge on any atom is -0.298 e. The molecule has 0 aromatic heterocycles. The Balaban J connectivity index is 1.90. The monoisotopic (exact) mass is 323 g/mol. The van der Waals surface area contributed by atoms with Crippen molar-refractivity contribution in [1.82, 2.24) is 14.7 Å². The summed E-state index contributed by atoms with van der Waals surface area (Å²) in [6.07, 6.45) is 2.69. The Hall–Kier alpha value is -0.120. The fourth-order valence-electron chi connectivity index (χ4n) is 4.50. The molecule has 2 saturated heterocycles. The molecule has 0 aromatic rings. The zero-order valence-corrected chi connectivity index (χ0v) is 17.0. The van der Waals surface area contributed by atoms with Crippen molar-refractivity contribution in [2.45, 2.75) is 91.9 Å². The van der Waals surface area contributed by atoms with E-state index in [2.05, 4.69) is 70.1 Å². The van der Waals surface area contributed by atoms with Crippen LogP contribution in [0.4, 0.5) is 0 Å². The van der Waals surface area contributed by atoms with Crippen molar-refractivity contribution in [2.75, 3.05) is 32.7 Å². The van der Waals surface area contributed by atoms with Crippen molar-refractivity contribution in [3.05, 3.63) is 0 Å². The first kappa shape index (κ1) is 19.2. The second-order valence-electron chi connectivity index (χ2n) is 10.3. The summed E-state index contributed by atoms with van der Waals surface area (Å²) >= 11 is 0. The highest BCUT2D eigenvalue weighted by Crippen LogP contribution is 2.30. The third kappa shape index (κ3) is 5.17. The first-order valence-corrected chi connectivity index (χ1v) is 9.72. The van der Waals surface area contributed by atoms with Gasteiger partial charge >= 0.3 is 0 Å². The molecule has 2 fully saturated rings. The predicted octanol–water partition coefficient (Wildman–Crippen LogP) is 3.69. The third-order valence-corrected chi connectivity index (χ3v) is 5.79. The molecule has 0 unspecified atom stereocenters. The van der Waals surface area contributed by atoms with Crippen LogP contribution in [0.25, 0.3) is 0 Å². The van der Waals surface area contributed by atoms with Crippen molar-refractivity contribution < 1.29 is 0 Å². The third-order valence-electron chi connectivity index (χ3n) is 5.79. The van der Waals surface area contributed by atoms with E-state index in [0.717, 1.165) is 6.04 Å². The van der Waals surface area contributed by atoms with Gasteiger partial charge < -0.3 is 0 Å². The maximum atomic E-state index is 2.78. The summed E-state index contributed by atoms with van der Waals surface area (Å²) in [4.78, 5) is 8.18. The number of hydrogen-bond acceptors (Lipinski definition) is 3. The van der Waals surface area contributed by atoms with Crippen LogP contribution < -0.4 is 0 Å². The molecule has 2 heterocycles. The van der Waals surface area contributed by atoms with Crippen molar-refractivity contribution in [1.29, 1.82) is 0 Å². The van der Waals surface area contributed by atoms with Crippen LogP contribution in [-0.2, 0) is 0 Å². The molecule has 23 heavy (non-hydrogen) atoms. The van der Waals surface area contributed by atoms with Gasteiger partial charge in [-0.3, -0.25) is 14.7 Å². The maximum absolute atomic E-state index is 2.78. The fraction of sp³-hybridized carbons (Fsp3) is 1.00. The number of rotatable bonds is 2. The standard InChI is InChI=1S/C20H41N3/c1-16-13-18(14-17(2)23(16)15-19(3,4)5)21-9-11-22(12-10-21)20(6,7)8/h16-18H,9-15H2,1-8H3/t16-,17-/m1/s1. The van der Waals surface area contributed by atoms with Crippen LogP contribution in [0.3, 0.4) is 0 Å². The molecule has 2 aliphatic rings. The van der Waals surface area contributed by atoms with Gasteiger partial charge in [-0.15, -0.1) is 0 Å². The Kier molecular flexibility index (Phi) is 5.86. The van der Waals surface area contributed by atoms with E-state index in [1.165, 1.54) is 45.6 Å². The van der Waals surface area contributed by atoms with Gasteiger partial charge in [0.25, 0.3) is 0 Å². The normalized spacial score (nSPS) is 33.1. The van der Waals surface area contributed by atoms with Crippen LogP contribution in [0, 0.1) is 5.41 Å². The quantitative estimate of drug-likeness (QED) is 0.767. The lowest BCUT2D eigenvalue weighted by atomic mass is 9.87. The van der Waals surface area contributed by atoms with E-state index >= 15 is 0 Å². The molecular weight excluding hydrogens is 282 g/mol. The molecule has 0 aliphatic carbocycles. The van der Waals surface area contributed by atoms with E-state index in [1.54, 1.807) is 0 Å². The number of hydrogen-bond donors (Lipinski definition) is 0. The smallest absolute Gasteiger partial charge is 0.0126 e. The van der Waals surface area contributed by atoms with E-state index in [4.69, 9.17) is 0 Å². The lowest BCUT2D eigenvalue weighted by Crippen LogP contribution is -2.59. The second-order valence-corrected chi connectivity index (χ2v) is 10.3. The zero-order chi connectivity index (χ0) is 17.4. The summed E-state index contributed by atoms with van der Waals surface area (Å²) in [6, 6.07) is 2.21. The molecule has 0 aromatic carbocycles. The molecule has 2 aliphatic heterocycles. The van der Waals surface area contributed by atoms with Gasteiger partial charge in [0.15, 0.2) is 0 Å². The number of likely N-dealkylation sites (tertiary alicyclic amines) is 1. The van der Waals surface area contributed by atoms with Crippen LogP contribution >= 0.6 is 0 Å². The first-order valence-electron chi connectivity index (χ1n) is 9.72. The summed E-state index contributed by atoms with van der Waals surface area (Å²) in [5.74, 6) is 0. The molecule has 0 N–H and O–H groups in total. The molecule has 0 spiro atoms. The summed E-state index contributed by atoms with van der Waals surface area (Å²) in [7, 11) is 0. The molecule has 136 valence electrons. The number of nitrogens with zero attached hydrogens (tertiary/aromatic N) is 3. The molecule has 0 amide bonds. The Labute approximate surface area is 145 Å². The Morgan fingerprint density at radius 1 is 0.783 bits per heavy atom. The lowest BCUT2D eigenvalue weighted by molar-refractivity contribution is -0.0133. The molecule has 0 bridgehead atoms. The summed E-state index contributed by atoms with van der Waals surface area (Å²) in [6.45, 7) is 25.2. The average Bonchev–Trinajstić information content (AvgIpc) is 2.41. The number of piperidine rings is 1. The summed E-state index contributed by atoms with van der Waals surface area (Å²) in [5, 5.41) is 0. The van der Waals surface area contributed by atoms with Gasteiger partial charge in [-0.1, -0.05) is 20.8 Å². The van der Waals surface area contributed by atoms with E-state index in [1.807, 2.05) is 0 Å². The highest BCUT2D eigenvalue weighted by atomic mass is 15.3. The highest BCUT2D eigenvalue weighted by Gasteiger charge is 2.37. The van der Waals surface area contributed by atoms with Gasteiger partial charge in [0, 0.05) is 56.4 Å². The minimum atomic E-state index is 0.322. The first-order chi connectivity index (χ1) is 10.5. The largest absolute Gasteiger partial charge is 0.298 e. The van der Waals surface area contributed by atoms with E-state index in [9.17, 15) is 0 Å². The summed E-state index contributed by atoms with van der Waals surface area (Å²) in [5.41, 5.74) is 0.719. The van der Waals surface area contributed by atoms with Crippen molar-refractivity contribution in [3.63, 3.8) is 0 Å². The van der Waals surface area contributed by atoms with E-state index in [0.29, 0.717) is 23.0 Å².